The zero-order chi connectivity index (χ0) is 10.2. The lowest BCUT2D eigenvalue weighted by molar-refractivity contribution is 0.0616. The predicted octanol–water partition coefficient (Wildman–Crippen LogP) is 0.703. The molecule has 0 atom stereocenters. The van der Waals surface area contributed by atoms with E-state index in [2.05, 4.69) is 4.98 Å². The van der Waals surface area contributed by atoms with Crippen molar-refractivity contribution in [2.75, 3.05) is 20.3 Å². The first-order valence-electron chi connectivity index (χ1n) is 4.57. The third kappa shape index (κ3) is 3.83. The van der Waals surface area contributed by atoms with Gasteiger partial charge >= 0.3 is 0 Å². The normalized spacial score (nSPS) is 10.4. The predicted molar refractivity (Wildman–Crippen MR) is 53.7 cm³/mol. The summed E-state index contributed by atoms with van der Waals surface area (Å²) in [4.78, 5) is 4.10. The van der Waals surface area contributed by atoms with Crippen LogP contribution in [-0.2, 0) is 22.6 Å². The number of aromatic nitrogens is 1. The fraction of sp³-hybridized carbons (Fsp3) is 0.500. The molecule has 1 aromatic heterocycles. The molecule has 1 rings (SSSR count). The van der Waals surface area contributed by atoms with Crippen molar-refractivity contribution in [2.24, 2.45) is 5.73 Å². The monoisotopic (exact) mass is 196 g/mol. The van der Waals surface area contributed by atoms with Crippen molar-refractivity contribution in [3.05, 3.63) is 29.6 Å². The first-order valence-corrected chi connectivity index (χ1v) is 4.57. The first-order chi connectivity index (χ1) is 6.86. The van der Waals surface area contributed by atoms with Crippen LogP contribution < -0.4 is 5.73 Å². The highest BCUT2D eigenvalue weighted by molar-refractivity contribution is 5.15. The molecule has 0 saturated heterocycles. The van der Waals surface area contributed by atoms with E-state index in [1.165, 1.54) is 0 Å². The average Bonchev–Trinajstić information content (AvgIpc) is 2.25. The van der Waals surface area contributed by atoms with Gasteiger partial charge < -0.3 is 15.2 Å². The third-order valence-electron chi connectivity index (χ3n) is 1.79. The smallest absolute Gasteiger partial charge is 0.0719 e. The average molecular weight is 196 g/mol. The number of nitrogens with two attached hydrogens (primary N) is 1. The van der Waals surface area contributed by atoms with Gasteiger partial charge in [-0.1, -0.05) is 0 Å². The highest BCUT2D eigenvalue weighted by atomic mass is 16.5. The number of methoxy groups -OCH3 is 1. The Hall–Kier alpha value is -0.970. The van der Waals surface area contributed by atoms with Crippen LogP contribution in [0.4, 0.5) is 0 Å². The van der Waals surface area contributed by atoms with E-state index in [0.717, 1.165) is 11.3 Å². The second-order valence-electron chi connectivity index (χ2n) is 2.90. The van der Waals surface area contributed by atoms with Gasteiger partial charge in [0, 0.05) is 19.9 Å². The van der Waals surface area contributed by atoms with E-state index in [0.29, 0.717) is 26.4 Å². The molecule has 0 aromatic carbocycles. The van der Waals surface area contributed by atoms with Gasteiger partial charge in [-0.2, -0.15) is 0 Å². The van der Waals surface area contributed by atoms with Crippen LogP contribution in [0.1, 0.15) is 11.3 Å². The quantitative estimate of drug-likeness (QED) is 0.680. The van der Waals surface area contributed by atoms with Gasteiger partial charge in [-0.05, 0) is 17.7 Å². The van der Waals surface area contributed by atoms with E-state index in [1.54, 1.807) is 13.3 Å². The number of rotatable bonds is 6. The molecule has 0 aliphatic rings. The SMILES string of the molecule is COCCOCc1ccnc(CN)c1. The molecule has 78 valence electrons. The van der Waals surface area contributed by atoms with Crippen molar-refractivity contribution in [3.63, 3.8) is 0 Å². The number of pyridine rings is 1. The van der Waals surface area contributed by atoms with Gasteiger partial charge in [0.25, 0.3) is 0 Å². The van der Waals surface area contributed by atoms with E-state index < -0.39 is 0 Å². The molecule has 4 nitrogen and oxygen atoms in total. The summed E-state index contributed by atoms with van der Waals surface area (Å²) in [6.45, 7) is 2.27. The van der Waals surface area contributed by atoms with Gasteiger partial charge in [0.2, 0.25) is 0 Å². The van der Waals surface area contributed by atoms with Gasteiger partial charge in [-0.25, -0.2) is 0 Å². The van der Waals surface area contributed by atoms with E-state index >= 15 is 0 Å². The lowest BCUT2D eigenvalue weighted by Gasteiger charge is -2.04. The van der Waals surface area contributed by atoms with E-state index in [9.17, 15) is 0 Å². The molecule has 0 amide bonds. The Morgan fingerprint density at radius 2 is 2.29 bits per heavy atom. The minimum Gasteiger partial charge on any atom is -0.382 e. The lowest BCUT2D eigenvalue weighted by atomic mass is 10.2. The summed E-state index contributed by atoms with van der Waals surface area (Å²) in [5.74, 6) is 0. The molecule has 0 fully saturated rings. The Bertz CT molecular complexity index is 266. The summed E-state index contributed by atoms with van der Waals surface area (Å²) in [6, 6.07) is 3.87. The molecule has 0 bridgehead atoms. The van der Waals surface area contributed by atoms with E-state index in [4.69, 9.17) is 15.2 Å². The van der Waals surface area contributed by atoms with Crippen LogP contribution in [0.3, 0.4) is 0 Å². The van der Waals surface area contributed by atoms with Crippen LogP contribution >= 0.6 is 0 Å². The fourth-order valence-corrected chi connectivity index (χ4v) is 1.06. The molecular weight excluding hydrogens is 180 g/mol. The molecule has 0 aliphatic carbocycles. The van der Waals surface area contributed by atoms with Gasteiger partial charge in [0.15, 0.2) is 0 Å². The van der Waals surface area contributed by atoms with Crippen molar-refractivity contribution >= 4 is 0 Å². The Kier molecular flexibility index (Phi) is 5.14. The zero-order valence-corrected chi connectivity index (χ0v) is 8.40. The molecule has 0 aliphatic heterocycles. The summed E-state index contributed by atoms with van der Waals surface area (Å²) in [5.41, 5.74) is 7.45. The number of nitrogens with zero attached hydrogens (tertiary/aromatic N) is 1. The molecule has 0 radical (unpaired) electrons. The fourth-order valence-electron chi connectivity index (χ4n) is 1.06. The van der Waals surface area contributed by atoms with Crippen LogP contribution in [0.2, 0.25) is 0 Å². The van der Waals surface area contributed by atoms with Gasteiger partial charge in [0.05, 0.1) is 25.5 Å². The summed E-state index contributed by atoms with van der Waals surface area (Å²) in [7, 11) is 1.66. The maximum absolute atomic E-state index is 5.47. The highest BCUT2D eigenvalue weighted by Crippen LogP contribution is 2.02. The molecule has 4 heteroatoms. The van der Waals surface area contributed by atoms with Crippen molar-refractivity contribution in [1.82, 2.24) is 4.98 Å². The number of ether oxygens (including phenoxy) is 2. The molecule has 14 heavy (non-hydrogen) atoms. The maximum Gasteiger partial charge on any atom is 0.0719 e. The summed E-state index contributed by atoms with van der Waals surface area (Å²) in [6.07, 6.45) is 1.75. The number of hydrogen-bond acceptors (Lipinski definition) is 4. The van der Waals surface area contributed by atoms with Crippen LogP contribution in [0, 0.1) is 0 Å². The van der Waals surface area contributed by atoms with Gasteiger partial charge in [-0.3, -0.25) is 4.98 Å². The minimum atomic E-state index is 0.464. The first kappa shape index (κ1) is 11.1. The van der Waals surface area contributed by atoms with Gasteiger partial charge in [0.1, 0.15) is 0 Å². The Morgan fingerprint density at radius 1 is 1.43 bits per heavy atom. The molecule has 0 spiro atoms. The van der Waals surface area contributed by atoms with Crippen molar-refractivity contribution in [1.29, 1.82) is 0 Å². The zero-order valence-electron chi connectivity index (χ0n) is 8.40. The number of hydrogen-bond donors (Lipinski definition) is 1. The van der Waals surface area contributed by atoms with Crippen molar-refractivity contribution < 1.29 is 9.47 Å². The van der Waals surface area contributed by atoms with Crippen LogP contribution in [0.5, 0.6) is 0 Å². The van der Waals surface area contributed by atoms with Crippen LogP contribution in [0.25, 0.3) is 0 Å². The molecular formula is C10H16N2O2. The molecule has 2 N–H and O–H groups in total. The minimum absolute atomic E-state index is 0.464. The molecule has 1 heterocycles. The van der Waals surface area contributed by atoms with Crippen LogP contribution in [-0.4, -0.2) is 25.3 Å². The molecule has 0 saturated carbocycles. The topological polar surface area (TPSA) is 57.4 Å². The second-order valence-corrected chi connectivity index (χ2v) is 2.90. The van der Waals surface area contributed by atoms with Crippen LogP contribution in [0.15, 0.2) is 18.3 Å². The Labute approximate surface area is 84.0 Å². The summed E-state index contributed by atoms with van der Waals surface area (Å²) < 4.78 is 10.2. The molecule has 1 aromatic rings. The van der Waals surface area contributed by atoms with Gasteiger partial charge in [-0.15, -0.1) is 0 Å². The molecule has 0 unspecified atom stereocenters. The van der Waals surface area contributed by atoms with E-state index in [1.807, 2.05) is 12.1 Å². The van der Waals surface area contributed by atoms with Crippen molar-refractivity contribution in [2.45, 2.75) is 13.2 Å². The highest BCUT2D eigenvalue weighted by Gasteiger charge is 1.95. The maximum atomic E-state index is 5.47. The third-order valence-corrected chi connectivity index (χ3v) is 1.79. The second kappa shape index (κ2) is 6.48. The largest absolute Gasteiger partial charge is 0.382 e. The van der Waals surface area contributed by atoms with Crippen molar-refractivity contribution in [3.8, 4) is 0 Å². The van der Waals surface area contributed by atoms with E-state index in [-0.39, 0.29) is 0 Å². The standard InChI is InChI=1S/C10H16N2O2/c1-13-4-5-14-8-9-2-3-12-10(6-9)7-11/h2-3,6H,4-5,7-8,11H2,1H3. The summed E-state index contributed by atoms with van der Waals surface area (Å²) in [5, 5.41) is 0. The Morgan fingerprint density at radius 3 is 3.00 bits per heavy atom. The summed E-state index contributed by atoms with van der Waals surface area (Å²) >= 11 is 0. The Balaban J connectivity index is 2.34. The lowest BCUT2D eigenvalue weighted by Crippen LogP contribution is -2.04.